The Morgan fingerprint density at radius 2 is 1.68 bits per heavy atom. The van der Waals surface area contributed by atoms with Gasteiger partial charge in [0.05, 0.1) is 11.9 Å². The van der Waals surface area contributed by atoms with Crippen LogP contribution in [0.15, 0.2) is 40.9 Å². The lowest BCUT2D eigenvalue weighted by Crippen LogP contribution is -2.52. The van der Waals surface area contributed by atoms with Crippen molar-refractivity contribution in [2.75, 3.05) is 17.1 Å². The SMILES string of the molecule is Cc1cc(N(CC(=O)N(Cc2c(Cl)cccc2Cl)[C@H](C)C(=O)NC(C)C)S(C)(=O)=O)ccc1Br. The highest BCUT2D eigenvalue weighted by molar-refractivity contribution is 9.10. The zero-order chi connectivity index (χ0) is 25.8. The maximum absolute atomic E-state index is 13.5. The zero-order valence-electron chi connectivity index (χ0n) is 19.6. The number of benzene rings is 2. The Kier molecular flexibility index (Phi) is 9.82. The number of anilines is 1. The van der Waals surface area contributed by atoms with Crippen LogP contribution in [0.2, 0.25) is 10.0 Å². The van der Waals surface area contributed by atoms with Gasteiger partial charge in [-0.05, 0) is 63.6 Å². The molecule has 0 spiro atoms. The highest BCUT2D eigenvalue weighted by atomic mass is 79.9. The van der Waals surface area contributed by atoms with E-state index in [4.69, 9.17) is 23.2 Å². The maximum Gasteiger partial charge on any atom is 0.244 e. The summed E-state index contributed by atoms with van der Waals surface area (Å²) < 4.78 is 27.1. The molecule has 7 nitrogen and oxygen atoms in total. The first-order valence-electron chi connectivity index (χ1n) is 10.5. The van der Waals surface area contributed by atoms with Crippen molar-refractivity contribution >= 4 is 66.7 Å². The third-order valence-corrected chi connectivity index (χ3v) is 7.84. The summed E-state index contributed by atoms with van der Waals surface area (Å²) in [7, 11) is -3.81. The predicted molar refractivity (Wildman–Crippen MR) is 141 cm³/mol. The zero-order valence-corrected chi connectivity index (χ0v) is 23.5. The molecule has 0 aliphatic heterocycles. The second-order valence-electron chi connectivity index (χ2n) is 8.26. The molecule has 186 valence electrons. The van der Waals surface area contributed by atoms with Crippen LogP contribution in [0.3, 0.4) is 0 Å². The maximum atomic E-state index is 13.5. The highest BCUT2D eigenvalue weighted by Gasteiger charge is 2.31. The number of nitrogens with zero attached hydrogens (tertiary/aromatic N) is 2. The monoisotopic (exact) mass is 591 g/mol. The summed E-state index contributed by atoms with van der Waals surface area (Å²) in [5.74, 6) is -0.953. The summed E-state index contributed by atoms with van der Waals surface area (Å²) in [4.78, 5) is 27.6. The van der Waals surface area contributed by atoms with E-state index in [1.54, 1.807) is 43.3 Å². The van der Waals surface area contributed by atoms with E-state index in [2.05, 4.69) is 21.2 Å². The van der Waals surface area contributed by atoms with Crippen molar-refractivity contribution in [1.29, 1.82) is 0 Å². The van der Waals surface area contributed by atoms with Crippen molar-refractivity contribution in [3.63, 3.8) is 0 Å². The summed E-state index contributed by atoms with van der Waals surface area (Å²) in [6.07, 6.45) is 1.03. The molecule has 1 N–H and O–H groups in total. The van der Waals surface area contributed by atoms with Crippen molar-refractivity contribution in [3.8, 4) is 0 Å². The van der Waals surface area contributed by atoms with Gasteiger partial charge in [0.15, 0.2) is 0 Å². The third-order valence-electron chi connectivity index (χ3n) is 5.10. The van der Waals surface area contributed by atoms with E-state index in [0.29, 0.717) is 21.3 Å². The first-order chi connectivity index (χ1) is 15.7. The quantitative estimate of drug-likeness (QED) is 0.454. The molecule has 0 saturated carbocycles. The number of carbonyl (C=O) groups excluding carboxylic acids is 2. The van der Waals surface area contributed by atoms with Crippen LogP contribution < -0.4 is 9.62 Å². The normalized spacial score (nSPS) is 12.4. The molecular weight excluding hydrogens is 565 g/mol. The van der Waals surface area contributed by atoms with E-state index in [0.717, 1.165) is 20.6 Å². The van der Waals surface area contributed by atoms with E-state index in [9.17, 15) is 18.0 Å². The molecule has 2 amide bonds. The fourth-order valence-electron chi connectivity index (χ4n) is 3.24. The molecule has 0 radical (unpaired) electrons. The number of amides is 2. The summed E-state index contributed by atoms with van der Waals surface area (Å²) in [6, 6.07) is 8.89. The van der Waals surface area contributed by atoms with Crippen LogP contribution in [0.4, 0.5) is 5.69 Å². The van der Waals surface area contributed by atoms with Gasteiger partial charge in [-0.1, -0.05) is 45.2 Å². The fraction of sp³-hybridized carbons (Fsp3) is 0.391. The molecule has 0 saturated heterocycles. The predicted octanol–water partition coefficient (Wildman–Crippen LogP) is 4.77. The number of hydrogen-bond donors (Lipinski definition) is 1. The molecule has 0 aliphatic rings. The first kappa shape index (κ1) is 28.4. The van der Waals surface area contributed by atoms with Gasteiger partial charge in [-0.3, -0.25) is 13.9 Å². The number of rotatable bonds is 9. The van der Waals surface area contributed by atoms with Crippen molar-refractivity contribution in [2.24, 2.45) is 0 Å². The van der Waals surface area contributed by atoms with E-state index in [1.165, 1.54) is 4.90 Å². The molecule has 2 rings (SSSR count). The molecule has 0 aromatic heterocycles. The second kappa shape index (κ2) is 11.7. The lowest BCUT2D eigenvalue weighted by atomic mass is 10.1. The van der Waals surface area contributed by atoms with Gasteiger partial charge in [0, 0.05) is 32.7 Å². The van der Waals surface area contributed by atoms with E-state index >= 15 is 0 Å². The topological polar surface area (TPSA) is 86.8 Å². The van der Waals surface area contributed by atoms with E-state index < -0.39 is 28.5 Å². The summed E-state index contributed by atoms with van der Waals surface area (Å²) in [6.45, 7) is 6.45. The standard InChI is InChI=1S/C23H28BrCl2N3O4S/c1-14(2)27-23(31)16(4)28(12-18-20(25)7-6-8-21(18)26)22(30)13-29(34(5,32)33)17-9-10-19(24)15(3)11-17/h6-11,14,16H,12-13H2,1-5H3,(H,27,31)/t16-/m1/s1. The van der Waals surface area contributed by atoms with Crippen LogP contribution in [0.25, 0.3) is 0 Å². The number of nitrogens with one attached hydrogen (secondary N) is 1. The molecule has 0 aliphatic carbocycles. The van der Waals surface area contributed by atoms with Crippen LogP contribution in [0.1, 0.15) is 31.9 Å². The average molecular weight is 593 g/mol. The van der Waals surface area contributed by atoms with E-state index in [-0.39, 0.29) is 18.5 Å². The molecule has 34 heavy (non-hydrogen) atoms. The number of aryl methyl sites for hydroxylation is 1. The Hall–Kier alpha value is -1.81. The van der Waals surface area contributed by atoms with Gasteiger partial charge in [0.25, 0.3) is 0 Å². The van der Waals surface area contributed by atoms with Gasteiger partial charge in [-0.15, -0.1) is 0 Å². The Morgan fingerprint density at radius 1 is 1.09 bits per heavy atom. The van der Waals surface area contributed by atoms with Gasteiger partial charge in [-0.25, -0.2) is 8.42 Å². The van der Waals surface area contributed by atoms with Crippen LogP contribution in [0.5, 0.6) is 0 Å². The Morgan fingerprint density at radius 3 is 2.18 bits per heavy atom. The molecule has 0 unspecified atom stereocenters. The minimum atomic E-state index is -3.81. The van der Waals surface area contributed by atoms with Gasteiger partial charge in [0.2, 0.25) is 21.8 Å². The summed E-state index contributed by atoms with van der Waals surface area (Å²) in [5, 5.41) is 3.46. The smallest absolute Gasteiger partial charge is 0.244 e. The summed E-state index contributed by atoms with van der Waals surface area (Å²) in [5.41, 5.74) is 1.61. The average Bonchev–Trinajstić information content (AvgIpc) is 2.72. The lowest BCUT2D eigenvalue weighted by Gasteiger charge is -2.32. The Balaban J connectivity index is 2.47. The largest absolute Gasteiger partial charge is 0.352 e. The number of sulfonamides is 1. The Bertz CT molecular complexity index is 1150. The van der Waals surface area contributed by atoms with Crippen LogP contribution in [-0.2, 0) is 26.2 Å². The van der Waals surface area contributed by atoms with Crippen LogP contribution in [0, 0.1) is 6.92 Å². The molecule has 11 heteroatoms. The number of carbonyl (C=O) groups is 2. The minimum absolute atomic E-state index is 0.0685. The molecular formula is C23H28BrCl2N3O4S. The van der Waals surface area contributed by atoms with Crippen LogP contribution in [-0.4, -0.2) is 50.0 Å². The fourth-order valence-corrected chi connectivity index (χ4v) is 4.84. The van der Waals surface area contributed by atoms with Gasteiger partial charge in [-0.2, -0.15) is 0 Å². The van der Waals surface area contributed by atoms with Crippen molar-refractivity contribution in [3.05, 3.63) is 62.0 Å². The molecule has 0 heterocycles. The lowest BCUT2D eigenvalue weighted by molar-refractivity contribution is -0.139. The molecule has 0 fully saturated rings. The first-order valence-corrected chi connectivity index (χ1v) is 13.9. The van der Waals surface area contributed by atoms with Crippen molar-refractivity contribution < 1.29 is 18.0 Å². The number of hydrogen-bond acceptors (Lipinski definition) is 4. The second-order valence-corrected chi connectivity index (χ2v) is 11.8. The number of halogens is 3. The molecule has 1 atom stereocenters. The highest BCUT2D eigenvalue weighted by Crippen LogP contribution is 2.28. The summed E-state index contributed by atoms with van der Waals surface area (Å²) >= 11 is 16.0. The van der Waals surface area contributed by atoms with E-state index in [1.807, 2.05) is 20.8 Å². The van der Waals surface area contributed by atoms with Crippen molar-refractivity contribution in [1.82, 2.24) is 10.2 Å². The molecule has 2 aromatic rings. The molecule has 0 bridgehead atoms. The van der Waals surface area contributed by atoms with Gasteiger partial charge in [0.1, 0.15) is 12.6 Å². The van der Waals surface area contributed by atoms with Gasteiger partial charge >= 0.3 is 0 Å². The van der Waals surface area contributed by atoms with Gasteiger partial charge < -0.3 is 10.2 Å². The molecule has 2 aromatic carbocycles. The third kappa shape index (κ3) is 7.34. The van der Waals surface area contributed by atoms with Crippen LogP contribution >= 0.6 is 39.1 Å². The van der Waals surface area contributed by atoms with Crippen molar-refractivity contribution in [2.45, 2.75) is 46.3 Å². The Labute approximate surface area is 219 Å². The minimum Gasteiger partial charge on any atom is -0.352 e.